The Hall–Kier alpha value is -2.87. The standard InChI is InChI=1S/C22H23N3O4S/c26-19(7-4-8-20-24-21(25-29-20)18-6-5-13-30-18)23-15-9-10-16-17(14-15)28-22(27-16)11-2-1-3-12-22/h5-6,9-10,13-14H,1-4,7-8,11-12H2,(H,23,26). The fraction of sp³-hybridized carbons (Fsp3) is 0.409. The van der Waals surface area contributed by atoms with Crippen LogP contribution in [0.1, 0.15) is 50.8 Å². The van der Waals surface area contributed by atoms with Crippen LogP contribution < -0.4 is 14.8 Å². The average Bonchev–Trinajstić information content (AvgIpc) is 3.48. The van der Waals surface area contributed by atoms with Gasteiger partial charge in [0.2, 0.25) is 17.6 Å². The second-order valence-electron chi connectivity index (χ2n) is 7.73. The highest BCUT2D eigenvalue weighted by Crippen LogP contribution is 2.46. The summed E-state index contributed by atoms with van der Waals surface area (Å²) in [6.45, 7) is 0. The van der Waals surface area contributed by atoms with E-state index in [2.05, 4.69) is 15.5 Å². The first-order valence-corrected chi connectivity index (χ1v) is 11.3. The molecule has 5 rings (SSSR count). The maximum atomic E-state index is 12.3. The molecule has 1 saturated carbocycles. The summed E-state index contributed by atoms with van der Waals surface area (Å²) >= 11 is 1.57. The number of nitrogens with zero attached hydrogens (tertiary/aromatic N) is 2. The zero-order chi connectivity index (χ0) is 20.4. The van der Waals surface area contributed by atoms with E-state index in [0.717, 1.165) is 36.3 Å². The van der Waals surface area contributed by atoms with Crippen molar-refractivity contribution in [1.29, 1.82) is 0 Å². The number of carbonyl (C=O) groups is 1. The van der Waals surface area contributed by atoms with Gasteiger partial charge in [0.1, 0.15) is 0 Å². The first-order chi connectivity index (χ1) is 14.7. The summed E-state index contributed by atoms with van der Waals surface area (Å²) in [5.74, 6) is 2.05. The Morgan fingerprint density at radius 1 is 1.13 bits per heavy atom. The lowest BCUT2D eigenvalue weighted by molar-refractivity contribution is -0.116. The second kappa shape index (κ2) is 8.10. The molecule has 3 heterocycles. The summed E-state index contributed by atoms with van der Waals surface area (Å²) in [7, 11) is 0. The molecule has 1 aliphatic heterocycles. The molecule has 1 fully saturated rings. The van der Waals surface area contributed by atoms with Gasteiger partial charge in [-0.05, 0) is 42.8 Å². The van der Waals surface area contributed by atoms with Crippen molar-refractivity contribution >= 4 is 22.9 Å². The van der Waals surface area contributed by atoms with Gasteiger partial charge in [-0.3, -0.25) is 4.79 Å². The van der Waals surface area contributed by atoms with E-state index in [-0.39, 0.29) is 5.91 Å². The van der Waals surface area contributed by atoms with Crippen LogP contribution in [0.3, 0.4) is 0 Å². The summed E-state index contributed by atoms with van der Waals surface area (Å²) in [6, 6.07) is 9.48. The van der Waals surface area contributed by atoms with Crippen molar-refractivity contribution in [2.24, 2.45) is 0 Å². The van der Waals surface area contributed by atoms with Gasteiger partial charge < -0.3 is 19.3 Å². The normalized spacial score (nSPS) is 16.7. The van der Waals surface area contributed by atoms with Crippen LogP contribution in [0, 0.1) is 0 Å². The van der Waals surface area contributed by atoms with Crippen LogP contribution in [0.15, 0.2) is 40.2 Å². The molecule has 0 atom stereocenters. The van der Waals surface area contributed by atoms with Crippen molar-refractivity contribution < 1.29 is 18.8 Å². The lowest BCUT2D eigenvalue weighted by atomic mass is 9.94. The number of thiophene rings is 1. The van der Waals surface area contributed by atoms with E-state index in [1.807, 2.05) is 35.7 Å². The molecule has 0 unspecified atom stereocenters. The van der Waals surface area contributed by atoms with Crippen molar-refractivity contribution in [3.63, 3.8) is 0 Å². The molecular weight excluding hydrogens is 402 g/mol. The predicted molar refractivity (Wildman–Crippen MR) is 113 cm³/mol. The average molecular weight is 426 g/mol. The van der Waals surface area contributed by atoms with Gasteiger partial charge in [0.15, 0.2) is 11.5 Å². The Morgan fingerprint density at radius 3 is 2.83 bits per heavy atom. The molecule has 1 aromatic carbocycles. The van der Waals surface area contributed by atoms with Crippen molar-refractivity contribution in [3.05, 3.63) is 41.6 Å². The van der Waals surface area contributed by atoms with Gasteiger partial charge in [0, 0.05) is 37.4 Å². The Balaban J connectivity index is 1.12. The number of fused-ring (bicyclic) bond motifs is 1. The first-order valence-electron chi connectivity index (χ1n) is 10.4. The van der Waals surface area contributed by atoms with Gasteiger partial charge in [-0.25, -0.2) is 0 Å². The number of rotatable bonds is 6. The monoisotopic (exact) mass is 425 g/mol. The molecule has 7 nitrogen and oxygen atoms in total. The van der Waals surface area contributed by atoms with Gasteiger partial charge >= 0.3 is 0 Å². The minimum absolute atomic E-state index is 0.0563. The van der Waals surface area contributed by atoms with Crippen LogP contribution in [0.5, 0.6) is 11.5 Å². The van der Waals surface area contributed by atoms with Crippen LogP contribution >= 0.6 is 11.3 Å². The van der Waals surface area contributed by atoms with E-state index < -0.39 is 5.79 Å². The SMILES string of the molecule is O=C(CCCc1nc(-c2cccs2)no1)Nc1ccc2c(c1)OC1(CCCCC1)O2. The third-order valence-corrected chi connectivity index (χ3v) is 6.30. The largest absolute Gasteiger partial charge is 0.448 e. The highest BCUT2D eigenvalue weighted by atomic mass is 32.1. The molecule has 0 bridgehead atoms. The third-order valence-electron chi connectivity index (χ3n) is 5.44. The van der Waals surface area contributed by atoms with Crippen LogP contribution in [-0.4, -0.2) is 21.8 Å². The quantitative estimate of drug-likeness (QED) is 0.585. The molecule has 0 saturated heterocycles. The topological polar surface area (TPSA) is 86.5 Å². The molecular formula is C22H23N3O4S. The fourth-order valence-corrected chi connectivity index (χ4v) is 4.60. The number of hydrogen-bond acceptors (Lipinski definition) is 7. The molecule has 2 aliphatic rings. The molecule has 1 spiro atoms. The summed E-state index contributed by atoms with van der Waals surface area (Å²) in [5.41, 5.74) is 0.716. The fourth-order valence-electron chi connectivity index (χ4n) is 3.95. The molecule has 1 N–H and O–H groups in total. The van der Waals surface area contributed by atoms with Gasteiger partial charge in [0.05, 0.1) is 4.88 Å². The van der Waals surface area contributed by atoms with Gasteiger partial charge in [-0.2, -0.15) is 4.98 Å². The molecule has 30 heavy (non-hydrogen) atoms. The minimum Gasteiger partial charge on any atom is -0.448 e. The highest BCUT2D eigenvalue weighted by Gasteiger charge is 2.42. The number of anilines is 1. The van der Waals surface area contributed by atoms with Crippen LogP contribution in [-0.2, 0) is 11.2 Å². The van der Waals surface area contributed by atoms with E-state index in [1.54, 1.807) is 11.3 Å². The second-order valence-corrected chi connectivity index (χ2v) is 8.68. The molecule has 1 aliphatic carbocycles. The van der Waals surface area contributed by atoms with E-state index in [9.17, 15) is 4.79 Å². The molecule has 2 aromatic heterocycles. The van der Waals surface area contributed by atoms with Crippen LogP contribution in [0.25, 0.3) is 10.7 Å². The number of amides is 1. The first kappa shape index (κ1) is 19.1. The number of benzene rings is 1. The van der Waals surface area contributed by atoms with E-state index in [4.69, 9.17) is 14.0 Å². The Bertz CT molecular complexity index is 1020. The number of ether oxygens (including phenoxy) is 2. The van der Waals surface area contributed by atoms with Crippen molar-refractivity contribution in [3.8, 4) is 22.2 Å². The van der Waals surface area contributed by atoms with Gasteiger partial charge in [0.25, 0.3) is 5.79 Å². The summed E-state index contributed by atoms with van der Waals surface area (Å²) < 4.78 is 17.5. The molecule has 3 aromatic rings. The number of carbonyl (C=O) groups excluding carboxylic acids is 1. The summed E-state index contributed by atoms with van der Waals surface area (Å²) in [5, 5.41) is 8.90. The molecule has 8 heteroatoms. The zero-order valence-electron chi connectivity index (χ0n) is 16.6. The predicted octanol–water partition coefficient (Wildman–Crippen LogP) is 5.19. The van der Waals surface area contributed by atoms with Gasteiger partial charge in [-0.15, -0.1) is 11.3 Å². The Morgan fingerprint density at radius 2 is 2.00 bits per heavy atom. The lowest BCUT2D eigenvalue weighted by Gasteiger charge is -2.31. The van der Waals surface area contributed by atoms with Crippen LogP contribution in [0.4, 0.5) is 5.69 Å². The van der Waals surface area contributed by atoms with E-state index in [1.165, 1.54) is 6.42 Å². The Kier molecular flexibility index (Phi) is 5.16. The van der Waals surface area contributed by atoms with E-state index >= 15 is 0 Å². The third kappa shape index (κ3) is 4.05. The number of hydrogen-bond donors (Lipinski definition) is 1. The number of nitrogens with one attached hydrogen (secondary N) is 1. The smallest absolute Gasteiger partial charge is 0.251 e. The van der Waals surface area contributed by atoms with E-state index in [0.29, 0.717) is 42.4 Å². The molecule has 0 radical (unpaired) electrons. The molecule has 1 amide bonds. The number of aryl methyl sites for hydroxylation is 1. The number of aromatic nitrogens is 2. The van der Waals surface area contributed by atoms with Crippen molar-refractivity contribution in [2.45, 2.75) is 57.2 Å². The summed E-state index contributed by atoms with van der Waals surface area (Å²) in [4.78, 5) is 17.7. The maximum absolute atomic E-state index is 12.3. The molecule has 156 valence electrons. The van der Waals surface area contributed by atoms with Crippen molar-refractivity contribution in [2.75, 3.05) is 5.32 Å². The zero-order valence-corrected chi connectivity index (χ0v) is 17.4. The minimum atomic E-state index is -0.505. The Labute approximate surface area is 178 Å². The highest BCUT2D eigenvalue weighted by molar-refractivity contribution is 7.13. The van der Waals surface area contributed by atoms with Crippen molar-refractivity contribution in [1.82, 2.24) is 10.1 Å². The lowest BCUT2D eigenvalue weighted by Crippen LogP contribution is -2.40. The summed E-state index contributed by atoms with van der Waals surface area (Å²) in [6.07, 6.45) is 6.85. The van der Waals surface area contributed by atoms with Gasteiger partial charge in [-0.1, -0.05) is 17.6 Å². The van der Waals surface area contributed by atoms with Crippen LogP contribution in [0.2, 0.25) is 0 Å². The maximum Gasteiger partial charge on any atom is 0.251 e.